The van der Waals surface area contributed by atoms with Crippen LogP contribution in [0.1, 0.15) is 24.0 Å². The number of hydrogen-bond acceptors (Lipinski definition) is 2. The van der Waals surface area contributed by atoms with E-state index in [9.17, 15) is 0 Å². The predicted molar refractivity (Wildman–Crippen MR) is 94.7 cm³/mol. The first kappa shape index (κ1) is 14.3. The van der Waals surface area contributed by atoms with Crippen molar-refractivity contribution in [3.63, 3.8) is 0 Å². The molecule has 3 aromatic rings. The van der Waals surface area contributed by atoms with E-state index in [0.29, 0.717) is 0 Å². The number of methoxy groups -OCH3 is 1. The van der Waals surface area contributed by atoms with Crippen LogP contribution in [-0.2, 0) is 12.1 Å². The van der Waals surface area contributed by atoms with Gasteiger partial charge in [0.25, 0.3) is 0 Å². The monoisotopic (exact) mass is 303 g/mol. The molecule has 0 unspecified atom stereocenters. The molecule has 0 aliphatic heterocycles. The molecule has 2 nitrogen and oxygen atoms in total. The number of nitrogens with one attached hydrogen (secondary N) is 1. The van der Waals surface area contributed by atoms with Crippen molar-refractivity contribution < 1.29 is 4.74 Å². The molecule has 1 aliphatic carbocycles. The maximum Gasteiger partial charge on any atom is 0.123 e. The van der Waals surface area contributed by atoms with E-state index < -0.39 is 0 Å². The van der Waals surface area contributed by atoms with Crippen LogP contribution in [-0.4, -0.2) is 7.11 Å². The minimum absolute atomic E-state index is 0.130. The van der Waals surface area contributed by atoms with Crippen LogP contribution < -0.4 is 10.1 Å². The molecule has 0 radical (unpaired) electrons. The number of hydrogen-bond donors (Lipinski definition) is 1. The van der Waals surface area contributed by atoms with Crippen LogP contribution in [0, 0.1) is 0 Å². The average molecular weight is 303 g/mol. The largest absolute Gasteiger partial charge is 0.496 e. The topological polar surface area (TPSA) is 21.3 Å². The van der Waals surface area contributed by atoms with Gasteiger partial charge in [0, 0.05) is 17.6 Å². The van der Waals surface area contributed by atoms with Gasteiger partial charge >= 0.3 is 0 Å². The summed E-state index contributed by atoms with van der Waals surface area (Å²) in [6.45, 7) is 0.830. The van der Waals surface area contributed by atoms with Crippen molar-refractivity contribution in [3.05, 3.63) is 77.9 Å². The molecule has 116 valence electrons. The van der Waals surface area contributed by atoms with Crippen molar-refractivity contribution in [1.82, 2.24) is 5.32 Å². The second-order valence-corrected chi connectivity index (χ2v) is 6.31. The van der Waals surface area contributed by atoms with Gasteiger partial charge in [0.05, 0.1) is 7.11 Å². The molecule has 0 amide bonds. The first-order valence-electron chi connectivity index (χ1n) is 8.17. The Balaban J connectivity index is 1.58. The third kappa shape index (κ3) is 2.71. The summed E-state index contributed by atoms with van der Waals surface area (Å²) < 4.78 is 5.45. The minimum atomic E-state index is 0.130. The highest BCUT2D eigenvalue weighted by Gasteiger charge is 2.43. The number of rotatable bonds is 5. The maximum absolute atomic E-state index is 5.45. The van der Waals surface area contributed by atoms with Gasteiger partial charge < -0.3 is 10.1 Å². The van der Waals surface area contributed by atoms with Crippen molar-refractivity contribution in [2.75, 3.05) is 7.11 Å². The summed E-state index contributed by atoms with van der Waals surface area (Å²) in [7, 11) is 1.73. The van der Waals surface area contributed by atoms with Crippen LogP contribution in [0.3, 0.4) is 0 Å². The van der Waals surface area contributed by atoms with Gasteiger partial charge in [-0.1, -0.05) is 54.6 Å². The maximum atomic E-state index is 5.45. The van der Waals surface area contributed by atoms with Gasteiger partial charge in [-0.2, -0.15) is 0 Å². The van der Waals surface area contributed by atoms with E-state index in [1.807, 2.05) is 12.1 Å². The van der Waals surface area contributed by atoms with Crippen molar-refractivity contribution in [1.29, 1.82) is 0 Å². The quantitative estimate of drug-likeness (QED) is 0.742. The molecule has 0 heterocycles. The summed E-state index contributed by atoms with van der Waals surface area (Å²) in [5, 5.41) is 6.38. The van der Waals surface area contributed by atoms with Gasteiger partial charge in [0.15, 0.2) is 0 Å². The molecule has 3 aromatic carbocycles. The van der Waals surface area contributed by atoms with Gasteiger partial charge in [0.2, 0.25) is 0 Å². The van der Waals surface area contributed by atoms with Crippen LogP contribution in [0.5, 0.6) is 5.75 Å². The van der Waals surface area contributed by atoms with Gasteiger partial charge in [-0.05, 0) is 41.3 Å². The van der Waals surface area contributed by atoms with E-state index in [2.05, 4.69) is 59.9 Å². The lowest BCUT2D eigenvalue weighted by molar-refractivity contribution is 0.404. The molecule has 23 heavy (non-hydrogen) atoms. The zero-order valence-electron chi connectivity index (χ0n) is 13.4. The second-order valence-electron chi connectivity index (χ2n) is 6.31. The summed E-state index contributed by atoms with van der Waals surface area (Å²) in [4.78, 5) is 0. The Morgan fingerprint density at radius 2 is 1.65 bits per heavy atom. The highest BCUT2D eigenvalue weighted by Crippen LogP contribution is 2.46. The van der Waals surface area contributed by atoms with Crippen molar-refractivity contribution in [3.8, 4) is 5.75 Å². The van der Waals surface area contributed by atoms with E-state index in [1.165, 1.54) is 34.7 Å². The second kappa shape index (κ2) is 5.71. The molecular formula is C21H21NO. The fraction of sp³-hybridized carbons (Fsp3) is 0.238. The molecule has 1 aliphatic rings. The number of fused-ring (bicyclic) bond motifs is 1. The molecular weight excluding hydrogens is 282 g/mol. The van der Waals surface area contributed by atoms with Gasteiger partial charge in [0.1, 0.15) is 5.75 Å². The molecule has 1 fully saturated rings. The van der Waals surface area contributed by atoms with E-state index in [0.717, 1.165) is 12.3 Å². The normalized spacial score (nSPS) is 15.5. The van der Waals surface area contributed by atoms with E-state index in [-0.39, 0.29) is 5.54 Å². The highest BCUT2D eigenvalue weighted by molar-refractivity contribution is 5.83. The first-order chi connectivity index (χ1) is 11.3. The Morgan fingerprint density at radius 1 is 0.913 bits per heavy atom. The summed E-state index contributed by atoms with van der Waals surface area (Å²) in [5.41, 5.74) is 2.73. The van der Waals surface area contributed by atoms with Crippen molar-refractivity contribution in [2.24, 2.45) is 0 Å². The number of para-hydroxylation sites is 1. The van der Waals surface area contributed by atoms with Gasteiger partial charge in [-0.3, -0.25) is 0 Å². The fourth-order valence-corrected chi connectivity index (χ4v) is 3.29. The van der Waals surface area contributed by atoms with E-state index in [4.69, 9.17) is 4.74 Å². The molecule has 0 bridgehead atoms. The Morgan fingerprint density at radius 3 is 2.43 bits per heavy atom. The van der Waals surface area contributed by atoms with E-state index >= 15 is 0 Å². The Hall–Kier alpha value is -2.32. The zero-order chi connectivity index (χ0) is 15.7. The minimum Gasteiger partial charge on any atom is -0.496 e. The lowest BCUT2D eigenvalue weighted by atomic mass is 10.00. The van der Waals surface area contributed by atoms with E-state index in [1.54, 1.807) is 7.11 Å². The number of ether oxygens (including phenoxy) is 1. The number of benzene rings is 3. The third-order valence-corrected chi connectivity index (χ3v) is 4.86. The first-order valence-corrected chi connectivity index (χ1v) is 8.17. The Bertz CT molecular complexity index is 836. The summed E-state index contributed by atoms with van der Waals surface area (Å²) in [6.07, 6.45) is 2.39. The zero-order valence-corrected chi connectivity index (χ0v) is 13.4. The highest BCUT2D eigenvalue weighted by atomic mass is 16.5. The van der Waals surface area contributed by atoms with Crippen LogP contribution in [0.25, 0.3) is 10.8 Å². The SMILES string of the molecule is COc1ccccc1CNC1(c2ccc3ccccc3c2)CC1. The average Bonchev–Trinajstić information content (AvgIpc) is 3.41. The molecule has 1 saturated carbocycles. The van der Waals surface area contributed by atoms with Crippen LogP contribution in [0.4, 0.5) is 0 Å². The molecule has 0 saturated heterocycles. The van der Waals surface area contributed by atoms with Crippen molar-refractivity contribution >= 4 is 10.8 Å². The predicted octanol–water partition coefficient (Wildman–Crippen LogP) is 4.63. The van der Waals surface area contributed by atoms with Gasteiger partial charge in [-0.25, -0.2) is 0 Å². The lowest BCUT2D eigenvalue weighted by Crippen LogP contribution is -2.28. The van der Waals surface area contributed by atoms with Gasteiger partial charge in [-0.15, -0.1) is 0 Å². The van der Waals surface area contributed by atoms with Crippen LogP contribution in [0.2, 0.25) is 0 Å². The summed E-state index contributed by atoms with van der Waals surface area (Å²) in [5.74, 6) is 0.953. The summed E-state index contributed by atoms with van der Waals surface area (Å²) >= 11 is 0. The van der Waals surface area contributed by atoms with Crippen molar-refractivity contribution in [2.45, 2.75) is 24.9 Å². The molecule has 1 N–H and O–H groups in total. The molecule has 4 rings (SSSR count). The molecule has 0 spiro atoms. The molecule has 0 aromatic heterocycles. The fourth-order valence-electron chi connectivity index (χ4n) is 3.29. The standard InChI is InChI=1S/C21H21NO/c1-23-20-9-5-4-8-18(20)15-22-21(12-13-21)19-11-10-16-6-2-3-7-17(16)14-19/h2-11,14,22H,12-13,15H2,1H3. The Kier molecular flexibility index (Phi) is 3.55. The van der Waals surface area contributed by atoms with Crippen LogP contribution in [0.15, 0.2) is 66.7 Å². The Labute approximate surface area is 137 Å². The summed E-state index contributed by atoms with van der Waals surface area (Å²) in [6, 6.07) is 23.6. The molecule has 2 heteroatoms. The van der Waals surface area contributed by atoms with Crippen LogP contribution >= 0.6 is 0 Å². The lowest BCUT2D eigenvalue weighted by Gasteiger charge is -2.19. The third-order valence-electron chi connectivity index (χ3n) is 4.86. The smallest absolute Gasteiger partial charge is 0.123 e. The molecule has 0 atom stereocenters.